The van der Waals surface area contributed by atoms with E-state index in [4.69, 9.17) is 14.9 Å². The minimum atomic E-state index is -5.08. The second kappa shape index (κ2) is 11.3. The average Bonchev–Trinajstić information content (AvgIpc) is 3.44. The van der Waals surface area contributed by atoms with Crippen LogP contribution in [0.1, 0.15) is 5.56 Å². The van der Waals surface area contributed by atoms with Crippen molar-refractivity contribution in [2.24, 2.45) is 0 Å². The Hall–Kier alpha value is -3.21. The summed E-state index contributed by atoms with van der Waals surface area (Å²) in [6.45, 7) is 2.96. The lowest BCUT2D eigenvalue weighted by Gasteiger charge is -2.10. The summed E-state index contributed by atoms with van der Waals surface area (Å²) >= 11 is 1.77. The Balaban J connectivity index is 0.000000406. The van der Waals surface area contributed by atoms with Crippen LogP contribution in [0.15, 0.2) is 60.7 Å². The topological polar surface area (TPSA) is 81.2 Å². The number of likely N-dealkylation sites (N-methyl/N-ethyl adjacent to an activating group) is 1. The fourth-order valence-electron chi connectivity index (χ4n) is 3.01. The summed E-state index contributed by atoms with van der Waals surface area (Å²) in [5, 5.41) is 10.6. The average molecular weight is 491 g/mol. The van der Waals surface area contributed by atoms with Gasteiger partial charge in [-0.3, -0.25) is 0 Å². The second-order valence-electron chi connectivity index (χ2n) is 7.75. The molecule has 34 heavy (non-hydrogen) atoms. The molecule has 2 heterocycles. The third-order valence-electron chi connectivity index (χ3n) is 4.77. The zero-order valence-electron chi connectivity index (χ0n) is 18.7. The number of imidazole rings is 1. The lowest BCUT2D eigenvalue weighted by Crippen LogP contribution is -2.26. The number of aromatic amines is 1. The largest absolute Gasteiger partial charge is 0.490 e. The minimum absolute atomic E-state index is 0.906. The summed E-state index contributed by atoms with van der Waals surface area (Å²) < 4.78 is 31.7. The van der Waals surface area contributed by atoms with Gasteiger partial charge in [-0.05, 0) is 49.5 Å². The molecule has 0 spiro atoms. The van der Waals surface area contributed by atoms with Crippen LogP contribution in [0, 0.1) is 0 Å². The molecule has 0 atom stereocenters. The van der Waals surface area contributed by atoms with Crippen LogP contribution in [0.2, 0.25) is 0 Å². The molecule has 0 fully saturated rings. The maximum absolute atomic E-state index is 10.6. The molecular formula is C24H25F3N4O2S. The number of para-hydroxylation sites is 2. The zero-order chi connectivity index (χ0) is 24.7. The van der Waals surface area contributed by atoms with Crippen LogP contribution in [0.25, 0.3) is 32.2 Å². The second-order valence-corrected chi connectivity index (χ2v) is 8.83. The van der Waals surface area contributed by atoms with E-state index >= 15 is 0 Å². The smallest absolute Gasteiger partial charge is 0.475 e. The number of carboxylic acid groups (broad SMARTS) is 1. The monoisotopic (exact) mass is 490 g/mol. The first-order valence-electron chi connectivity index (χ1n) is 10.4. The van der Waals surface area contributed by atoms with Gasteiger partial charge in [0.25, 0.3) is 0 Å². The van der Waals surface area contributed by atoms with Crippen LogP contribution >= 0.6 is 11.3 Å². The van der Waals surface area contributed by atoms with Gasteiger partial charge in [-0.25, -0.2) is 9.78 Å². The van der Waals surface area contributed by atoms with Crippen molar-refractivity contribution in [1.29, 1.82) is 0 Å². The Bertz CT molecular complexity index is 1180. The van der Waals surface area contributed by atoms with Crippen LogP contribution in [-0.2, 0) is 11.3 Å². The van der Waals surface area contributed by atoms with Gasteiger partial charge < -0.3 is 20.3 Å². The Kier molecular flexibility index (Phi) is 8.43. The summed E-state index contributed by atoms with van der Waals surface area (Å²) in [5.41, 5.74) is 4.65. The molecule has 180 valence electrons. The van der Waals surface area contributed by atoms with Crippen molar-refractivity contribution in [3.05, 3.63) is 66.2 Å². The number of nitrogens with one attached hydrogen (secondary N) is 2. The Morgan fingerprint density at radius 3 is 2.32 bits per heavy atom. The van der Waals surface area contributed by atoms with Crippen molar-refractivity contribution in [2.75, 3.05) is 27.2 Å². The molecule has 0 saturated heterocycles. The molecule has 0 bridgehead atoms. The molecule has 0 saturated carbocycles. The number of benzene rings is 2. The summed E-state index contributed by atoms with van der Waals surface area (Å²) in [7, 11) is 4.19. The predicted octanol–water partition coefficient (Wildman–Crippen LogP) is 5.24. The van der Waals surface area contributed by atoms with Crippen molar-refractivity contribution in [2.45, 2.75) is 12.7 Å². The number of fused-ring (bicyclic) bond motifs is 1. The van der Waals surface area contributed by atoms with E-state index in [2.05, 4.69) is 71.8 Å². The van der Waals surface area contributed by atoms with Crippen LogP contribution in [0.5, 0.6) is 0 Å². The number of hydrogen-bond acceptors (Lipinski definition) is 5. The highest BCUT2D eigenvalue weighted by atomic mass is 32.1. The molecule has 4 aromatic rings. The number of nitrogens with zero attached hydrogens (tertiary/aromatic N) is 2. The lowest BCUT2D eigenvalue weighted by molar-refractivity contribution is -0.192. The molecule has 0 amide bonds. The van der Waals surface area contributed by atoms with Gasteiger partial charge in [-0.2, -0.15) is 13.2 Å². The van der Waals surface area contributed by atoms with Gasteiger partial charge in [-0.15, -0.1) is 11.3 Å². The molecule has 0 aliphatic rings. The highest BCUT2D eigenvalue weighted by molar-refractivity contribution is 7.18. The van der Waals surface area contributed by atoms with Crippen molar-refractivity contribution in [3.8, 4) is 21.1 Å². The van der Waals surface area contributed by atoms with Gasteiger partial charge in [0.1, 0.15) is 5.82 Å². The summed E-state index contributed by atoms with van der Waals surface area (Å²) in [5.74, 6) is -1.82. The number of hydrogen-bond donors (Lipinski definition) is 3. The third-order valence-corrected chi connectivity index (χ3v) is 5.92. The molecule has 0 aliphatic carbocycles. The first kappa shape index (κ1) is 25.4. The minimum Gasteiger partial charge on any atom is -0.475 e. The zero-order valence-corrected chi connectivity index (χ0v) is 19.5. The maximum atomic E-state index is 10.6. The molecule has 0 aliphatic heterocycles. The number of aromatic nitrogens is 2. The highest BCUT2D eigenvalue weighted by Gasteiger charge is 2.38. The molecule has 0 radical (unpaired) electrons. The Morgan fingerprint density at radius 2 is 1.71 bits per heavy atom. The van der Waals surface area contributed by atoms with Crippen molar-refractivity contribution >= 4 is 28.3 Å². The third kappa shape index (κ3) is 7.14. The number of alkyl halides is 3. The quantitative estimate of drug-likeness (QED) is 0.309. The molecule has 3 N–H and O–H groups in total. The molecular weight excluding hydrogens is 465 g/mol. The number of H-pyrrole nitrogens is 1. The Labute approximate surface area is 199 Å². The van der Waals surface area contributed by atoms with E-state index in [1.54, 1.807) is 11.3 Å². The number of aliphatic carboxylic acids is 1. The Morgan fingerprint density at radius 1 is 1.06 bits per heavy atom. The summed E-state index contributed by atoms with van der Waals surface area (Å²) in [6, 6.07) is 21.3. The van der Waals surface area contributed by atoms with Gasteiger partial charge in [0.15, 0.2) is 0 Å². The molecule has 10 heteroatoms. The number of rotatable bonds is 7. The maximum Gasteiger partial charge on any atom is 0.490 e. The summed E-state index contributed by atoms with van der Waals surface area (Å²) in [6.07, 6.45) is -5.08. The fourth-order valence-corrected chi connectivity index (χ4v) is 3.97. The van der Waals surface area contributed by atoms with Crippen LogP contribution in [0.3, 0.4) is 0 Å². The summed E-state index contributed by atoms with van der Waals surface area (Å²) in [4.78, 5) is 21.6. The first-order valence-corrected chi connectivity index (χ1v) is 11.2. The first-order chi connectivity index (χ1) is 16.1. The van der Waals surface area contributed by atoms with Crippen LogP contribution in [-0.4, -0.2) is 59.3 Å². The number of thiophene rings is 1. The fraction of sp³-hybridized carbons (Fsp3) is 0.250. The van der Waals surface area contributed by atoms with E-state index in [-0.39, 0.29) is 0 Å². The van der Waals surface area contributed by atoms with Crippen LogP contribution < -0.4 is 5.32 Å². The van der Waals surface area contributed by atoms with E-state index in [0.717, 1.165) is 41.4 Å². The van der Waals surface area contributed by atoms with E-state index in [1.165, 1.54) is 16.0 Å². The number of carbonyl (C=O) groups is 1. The predicted molar refractivity (Wildman–Crippen MR) is 129 cm³/mol. The van der Waals surface area contributed by atoms with Gasteiger partial charge in [0, 0.05) is 24.5 Å². The highest BCUT2D eigenvalue weighted by Crippen LogP contribution is 2.34. The van der Waals surface area contributed by atoms with Gasteiger partial charge >= 0.3 is 12.1 Å². The van der Waals surface area contributed by atoms with Gasteiger partial charge in [0.2, 0.25) is 0 Å². The van der Waals surface area contributed by atoms with E-state index in [1.807, 2.05) is 18.2 Å². The molecule has 0 unspecified atom stereocenters. The standard InChI is InChI=1S/C22H24N4S.C2HF3O2/c1-26(2)14-13-23-15-16-7-9-17(10-8-16)20-11-12-21(27-20)22-24-18-5-3-4-6-19(18)25-22;3-2(4,5)1(6)7/h3-12,23H,13-15H2,1-2H3,(H,24,25);(H,6,7). The van der Waals surface area contributed by atoms with E-state index in [9.17, 15) is 13.2 Å². The van der Waals surface area contributed by atoms with Gasteiger partial charge in [-0.1, -0.05) is 36.4 Å². The van der Waals surface area contributed by atoms with E-state index in [0.29, 0.717) is 0 Å². The van der Waals surface area contributed by atoms with Gasteiger partial charge in [0.05, 0.1) is 15.9 Å². The number of halogens is 3. The molecule has 6 nitrogen and oxygen atoms in total. The molecule has 2 aromatic heterocycles. The molecule has 2 aromatic carbocycles. The lowest BCUT2D eigenvalue weighted by atomic mass is 10.1. The molecule has 4 rings (SSSR count). The van der Waals surface area contributed by atoms with E-state index < -0.39 is 12.1 Å². The normalized spacial score (nSPS) is 11.5. The van der Waals surface area contributed by atoms with Crippen LogP contribution in [0.4, 0.5) is 13.2 Å². The SMILES string of the molecule is CN(C)CCNCc1ccc(-c2ccc(-c3nc4ccccc4[nH]3)s2)cc1.O=C(O)C(F)(F)F. The van der Waals surface area contributed by atoms with Crippen molar-refractivity contribution in [3.63, 3.8) is 0 Å². The van der Waals surface area contributed by atoms with Crippen molar-refractivity contribution < 1.29 is 23.1 Å². The van der Waals surface area contributed by atoms with Crippen molar-refractivity contribution in [1.82, 2.24) is 20.2 Å². The number of carboxylic acids is 1.